The van der Waals surface area contributed by atoms with Crippen molar-refractivity contribution in [2.45, 2.75) is 70.5 Å². The lowest BCUT2D eigenvalue weighted by atomic mass is 10.0. The van der Waals surface area contributed by atoms with Gasteiger partial charge in [0.1, 0.15) is 11.4 Å². The summed E-state index contributed by atoms with van der Waals surface area (Å²) in [4.78, 5) is 22.7. The number of halogens is 3. The number of likely N-dealkylation sites (tertiary alicyclic amines) is 2. The average molecular weight is 516 g/mol. The van der Waals surface area contributed by atoms with Crippen molar-refractivity contribution in [3.63, 3.8) is 0 Å². The summed E-state index contributed by atoms with van der Waals surface area (Å²) in [7, 11) is 0. The highest BCUT2D eigenvalue weighted by molar-refractivity contribution is 5.76. The maximum atomic E-state index is 13.6. The van der Waals surface area contributed by atoms with Crippen molar-refractivity contribution in [1.29, 1.82) is 0 Å². The van der Waals surface area contributed by atoms with E-state index in [1.165, 1.54) is 11.1 Å². The van der Waals surface area contributed by atoms with E-state index in [1.807, 2.05) is 0 Å². The molecule has 0 radical (unpaired) electrons. The van der Waals surface area contributed by atoms with Crippen LogP contribution < -0.4 is 10.6 Å². The van der Waals surface area contributed by atoms with Gasteiger partial charge in [-0.2, -0.15) is 23.3 Å². The standard InChI is InChI=1S/C24H35F3N8O/c1-17(2)33-12-7-19(8-13-33)35-16-18(14-30-35)31-23-29-15-20(24(25,26)27)22(32-23)28-9-5-11-34-10-4-3-6-21(34)36/h14-17,19H,3-13H2,1-2H3,(H2,28,29,31,32)/i1D3,2D3,17D. The Labute approximate surface area is 219 Å². The topological polar surface area (TPSA) is 91.2 Å². The van der Waals surface area contributed by atoms with Crippen LogP contribution in [0, 0.1) is 0 Å². The number of carbonyl (C=O) groups excluding carboxylic acids is 1. The van der Waals surface area contributed by atoms with E-state index in [0.717, 1.165) is 12.8 Å². The van der Waals surface area contributed by atoms with Crippen molar-refractivity contribution < 1.29 is 27.6 Å². The summed E-state index contributed by atoms with van der Waals surface area (Å²) in [6, 6.07) is -2.96. The van der Waals surface area contributed by atoms with Gasteiger partial charge in [0, 0.05) is 67.2 Å². The first kappa shape index (κ1) is 18.4. The van der Waals surface area contributed by atoms with Crippen LogP contribution in [0.4, 0.5) is 30.6 Å². The van der Waals surface area contributed by atoms with Gasteiger partial charge in [0.25, 0.3) is 0 Å². The number of carbonyl (C=O) groups is 1. The molecule has 0 aliphatic carbocycles. The van der Waals surface area contributed by atoms with Crippen molar-refractivity contribution in [3.05, 3.63) is 24.2 Å². The molecule has 2 fully saturated rings. The van der Waals surface area contributed by atoms with Crippen molar-refractivity contribution in [1.82, 2.24) is 29.5 Å². The lowest BCUT2D eigenvalue weighted by molar-refractivity contribution is -0.137. The lowest BCUT2D eigenvalue weighted by Gasteiger charge is -2.34. The lowest BCUT2D eigenvalue weighted by Crippen LogP contribution is -2.39. The first-order chi connectivity index (χ1) is 20.0. The summed E-state index contributed by atoms with van der Waals surface area (Å²) in [5, 5.41) is 9.87. The minimum Gasteiger partial charge on any atom is -0.369 e. The Morgan fingerprint density at radius 2 is 2.03 bits per heavy atom. The molecular weight excluding hydrogens is 473 g/mol. The molecule has 2 aromatic rings. The Kier molecular flexibility index (Phi) is 5.84. The van der Waals surface area contributed by atoms with Crippen LogP contribution in [0.1, 0.15) is 73.4 Å². The monoisotopic (exact) mass is 515 g/mol. The van der Waals surface area contributed by atoms with Crippen molar-refractivity contribution in [2.24, 2.45) is 0 Å². The van der Waals surface area contributed by atoms with Crippen LogP contribution in [0.5, 0.6) is 0 Å². The first-order valence-electron chi connectivity index (χ1n) is 15.5. The number of nitrogens with one attached hydrogen (secondary N) is 2. The zero-order valence-corrected chi connectivity index (χ0v) is 19.8. The maximum Gasteiger partial charge on any atom is 0.421 e. The Hall–Kier alpha value is -2.89. The van der Waals surface area contributed by atoms with E-state index >= 15 is 0 Å². The normalized spacial score (nSPS) is 22.0. The number of alkyl halides is 3. The molecule has 2 N–H and O–H groups in total. The van der Waals surface area contributed by atoms with Crippen molar-refractivity contribution >= 4 is 23.4 Å². The average Bonchev–Trinajstić information content (AvgIpc) is 3.38. The third kappa shape index (κ3) is 6.65. The van der Waals surface area contributed by atoms with E-state index in [1.54, 1.807) is 15.8 Å². The quantitative estimate of drug-likeness (QED) is 0.481. The number of nitrogens with zero attached hydrogens (tertiary/aromatic N) is 6. The van der Waals surface area contributed by atoms with Gasteiger partial charge in [-0.3, -0.25) is 9.48 Å². The predicted molar refractivity (Wildman–Crippen MR) is 131 cm³/mol. The van der Waals surface area contributed by atoms with Gasteiger partial charge < -0.3 is 20.4 Å². The minimum absolute atomic E-state index is 0.0521. The molecule has 0 unspecified atom stereocenters. The number of amides is 1. The van der Waals surface area contributed by atoms with E-state index < -0.39 is 37.3 Å². The molecule has 4 rings (SSSR count). The molecule has 4 heterocycles. The Bertz CT molecular complexity index is 1250. The van der Waals surface area contributed by atoms with Crippen LogP contribution in [0.2, 0.25) is 0 Å². The van der Waals surface area contributed by atoms with E-state index in [4.69, 9.17) is 9.60 Å². The summed E-state index contributed by atoms with van der Waals surface area (Å²) in [5.41, 5.74) is -0.620. The van der Waals surface area contributed by atoms with Gasteiger partial charge in [0.15, 0.2) is 0 Å². The van der Waals surface area contributed by atoms with Gasteiger partial charge >= 0.3 is 6.18 Å². The summed E-state index contributed by atoms with van der Waals surface area (Å²) >= 11 is 0. The highest BCUT2D eigenvalue weighted by Gasteiger charge is 2.35. The highest BCUT2D eigenvalue weighted by Crippen LogP contribution is 2.34. The summed E-state index contributed by atoms with van der Waals surface area (Å²) in [5.74, 6) is -0.430. The summed E-state index contributed by atoms with van der Waals surface area (Å²) in [6.45, 7) is -4.73. The molecule has 2 aliphatic heterocycles. The van der Waals surface area contributed by atoms with Crippen LogP contribution >= 0.6 is 0 Å². The molecule has 1 amide bonds. The summed E-state index contributed by atoms with van der Waals surface area (Å²) in [6.07, 6.45) is 2.42. The predicted octanol–water partition coefficient (Wildman–Crippen LogP) is 4.30. The molecule has 0 bridgehead atoms. The SMILES string of the molecule is [2H]C([2H])([2H])C([2H])(N1CCC(n2cc(Nc3ncc(C(F)(F)F)c(NCCCN4CCCCC4=O)n3)cn2)CC1)C([2H])([2H])[2H]. The van der Waals surface area contributed by atoms with Gasteiger partial charge in [-0.1, -0.05) is 0 Å². The maximum absolute atomic E-state index is 13.6. The zero-order chi connectivity index (χ0) is 31.6. The van der Waals surface area contributed by atoms with Gasteiger partial charge in [-0.15, -0.1) is 0 Å². The van der Waals surface area contributed by atoms with E-state index in [0.29, 0.717) is 50.7 Å². The molecule has 9 nitrogen and oxygen atoms in total. The van der Waals surface area contributed by atoms with Crippen LogP contribution in [0.15, 0.2) is 18.6 Å². The fourth-order valence-electron chi connectivity index (χ4n) is 4.44. The molecule has 2 aliphatic rings. The third-order valence-electron chi connectivity index (χ3n) is 6.43. The fraction of sp³-hybridized carbons (Fsp3) is 0.667. The van der Waals surface area contributed by atoms with Gasteiger partial charge in [0.2, 0.25) is 11.9 Å². The molecule has 36 heavy (non-hydrogen) atoms. The Morgan fingerprint density at radius 3 is 2.75 bits per heavy atom. The molecule has 0 spiro atoms. The van der Waals surface area contributed by atoms with Crippen molar-refractivity contribution in [2.75, 3.05) is 43.4 Å². The number of piperidine rings is 2. The number of anilines is 3. The number of aromatic nitrogens is 4. The zero-order valence-electron chi connectivity index (χ0n) is 26.8. The van der Waals surface area contributed by atoms with Crippen molar-refractivity contribution in [3.8, 4) is 0 Å². The second-order valence-corrected chi connectivity index (χ2v) is 8.97. The molecule has 0 atom stereocenters. The number of rotatable bonds is 9. The van der Waals surface area contributed by atoms with Crippen LogP contribution in [0.25, 0.3) is 0 Å². The highest BCUT2D eigenvalue weighted by atomic mass is 19.4. The number of hydrogen-bond donors (Lipinski definition) is 2. The van der Waals surface area contributed by atoms with Crippen LogP contribution in [-0.4, -0.2) is 74.2 Å². The number of hydrogen-bond acceptors (Lipinski definition) is 7. The van der Waals surface area contributed by atoms with E-state index in [2.05, 4.69) is 25.7 Å². The Morgan fingerprint density at radius 1 is 1.22 bits per heavy atom. The van der Waals surface area contributed by atoms with E-state index in [9.17, 15) is 18.0 Å². The molecular formula is C24H35F3N8O. The van der Waals surface area contributed by atoms with Crippen LogP contribution in [-0.2, 0) is 11.0 Å². The second-order valence-electron chi connectivity index (χ2n) is 8.97. The van der Waals surface area contributed by atoms with Gasteiger partial charge in [-0.05, 0) is 45.8 Å². The smallest absolute Gasteiger partial charge is 0.369 e. The molecule has 2 aromatic heterocycles. The molecule has 0 saturated carbocycles. The second kappa shape index (κ2) is 11.4. The molecule has 12 heteroatoms. The molecule has 198 valence electrons. The summed E-state index contributed by atoms with van der Waals surface area (Å²) < 4.78 is 96.9. The molecule has 0 aromatic carbocycles. The largest absolute Gasteiger partial charge is 0.421 e. The third-order valence-corrected chi connectivity index (χ3v) is 6.43. The Balaban J connectivity index is 1.38. The van der Waals surface area contributed by atoms with Gasteiger partial charge in [0.05, 0.1) is 17.9 Å². The molecule has 2 saturated heterocycles. The van der Waals surface area contributed by atoms with Gasteiger partial charge in [-0.25, -0.2) is 4.98 Å². The minimum atomic E-state index is -4.68. The van der Waals surface area contributed by atoms with E-state index in [-0.39, 0.29) is 37.5 Å². The van der Waals surface area contributed by atoms with Crippen LogP contribution in [0.3, 0.4) is 0 Å². The fourth-order valence-corrected chi connectivity index (χ4v) is 4.44. The first-order valence-corrected chi connectivity index (χ1v) is 12.0.